The third kappa shape index (κ3) is 7.62. The van der Waals surface area contributed by atoms with Crippen molar-refractivity contribution in [3.05, 3.63) is 183 Å². The summed E-state index contributed by atoms with van der Waals surface area (Å²) in [5, 5.41) is 0.365. The van der Waals surface area contributed by atoms with Crippen LogP contribution in [0.15, 0.2) is 55.5 Å². The lowest BCUT2D eigenvalue weighted by molar-refractivity contribution is -0.685. The van der Waals surface area contributed by atoms with Crippen LogP contribution in [0.4, 0.5) is 87.8 Å². The second kappa shape index (κ2) is 17.7. The Bertz CT molecular complexity index is 2500. The van der Waals surface area contributed by atoms with Gasteiger partial charge >= 0.3 is 0 Å². The van der Waals surface area contributed by atoms with Gasteiger partial charge in [0.05, 0.1) is 6.20 Å². The number of rotatable bonds is 8. The van der Waals surface area contributed by atoms with E-state index in [1.165, 1.54) is 0 Å². The van der Waals surface area contributed by atoms with Crippen molar-refractivity contribution in [3.63, 3.8) is 0 Å². The molecule has 1 aromatic heterocycles. The van der Waals surface area contributed by atoms with E-state index in [0.717, 1.165) is 0 Å². The summed E-state index contributed by atoms with van der Waals surface area (Å²) < 4.78 is 296. The summed E-state index contributed by atoms with van der Waals surface area (Å²) >= 11 is 5.87. The molecule has 0 fully saturated rings. The Morgan fingerprint density at radius 1 is 0.476 bits per heavy atom. The normalized spacial score (nSPS) is 11.4. The predicted molar refractivity (Wildman–Crippen MR) is 179 cm³/mol. The second-order valence-electron chi connectivity index (χ2n) is 12.6. The highest BCUT2D eigenvalue weighted by Gasteiger charge is 2.52. The van der Waals surface area contributed by atoms with E-state index in [-0.39, 0.29) is 12.3 Å². The number of hydrogen-bond donors (Lipinski definition) is 0. The predicted octanol–water partition coefficient (Wildman–Crippen LogP) is 8.31. The molecule has 0 bridgehead atoms. The van der Waals surface area contributed by atoms with Crippen LogP contribution in [-0.4, -0.2) is 16.9 Å². The van der Waals surface area contributed by atoms with Gasteiger partial charge in [-0.15, -0.1) is 21.9 Å². The number of nitrogens with zero attached hydrogens (tertiary/aromatic N) is 2. The fraction of sp³-hybridized carbons (Fsp3) is 0.0263. The molecule has 5 aromatic carbocycles. The molecule has 0 saturated carbocycles. The Kier molecular flexibility index (Phi) is 13.4. The highest BCUT2D eigenvalue weighted by molar-refractivity contribution is 7.20. The topological polar surface area (TPSA) is 33.8 Å². The van der Waals surface area contributed by atoms with E-state index in [4.69, 9.17) is 11.6 Å². The number of halogens is 21. The van der Waals surface area contributed by atoms with Crippen LogP contribution >= 0.6 is 11.6 Å². The quantitative estimate of drug-likeness (QED) is 0.0385. The molecule has 0 saturated heterocycles. The van der Waals surface area contributed by atoms with Crippen molar-refractivity contribution in [1.29, 1.82) is 0 Å². The molecular formula is C38H12BClF20N2O. The Morgan fingerprint density at radius 3 is 1.02 bits per heavy atom. The van der Waals surface area contributed by atoms with Gasteiger partial charge in [-0.25, -0.2) is 87.8 Å². The van der Waals surface area contributed by atoms with Crippen molar-refractivity contribution in [2.24, 2.45) is 0 Å². The minimum Gasteiger partial charge on any atom is -0.287 e. The van der Waals surface area contributed by atoms with Gasteiger partial charge in [0.25, 0.3) is 0 Å². The molecule has 0 unspecified atom stereocenters. The van der Waals surface area contributed by atoms with E-state index < -0.39 is 144 Å². The van der Waals surface area contributed by atoms with E-state index >= 15 is 35.1 Å². The molecule has 0 N–H and O–H groups in total. The fourth-order valence-electron chi connectivity index (χ4n) is 6.50. The first-order chi connectivity index (χ1) is 29.4. The summed E-state index contributed by atoms with van der Waals surface area (Å²) in [5.41, 5.74) is -13.0. The van der Waals surface area contributed by atoms with E-state index in [1.54, 1.807) is 35.3 Å². The van der Waals surface area contributed by atoms with Gasteiger partial charge in [-0.05, 0) is 0 Å². The second-order valence-corrected chi connectivity index (χ2v) is 13.0. The van der Waals surface area contributed by atoms with Gasteiger partial charge in [0, 0.05) is 5.56 Å². The van der Waals surface area contributed by atoms with Crippen LogP contribution in [0.1, 0.15) is 16.1 Å². The average Bonchev–Trinajstić information content (AvgIpc) is 3.26. The number of carbonyl (C=O) groups excluding carboxylic acids is 1. The van der Waals surface area contributed by atoms with Gasteiger partial charge in [0.2, 0.25) is 18.0 Å². The third-order valence-corrected chi connectivity index (χ3v) is 9.43. The number of aromatic nitrogens is 2. The van der Waals surface area contributed by atoms with Gasteiger partial charge in [-0.1, -0.05) is 48.5 Å². The first-order valence-electron chi connectivity index (χ1n) is 16.4. The van der Waals surface area contributed by atoms with E-state index in [1.807, 2.05) is 18.2 Å². The molecule has 0 aliphatic carbocycles. The largest absolute Gasteiger partial charge is 0.287 e. The number of Topliss-reactive ketones (excluding diaryl/α,β-unsaturated/α-hetero) is 1. The van der Waals surface area contributed by atoms with E-state index in [2.05, 4.69) is 11.6 Å². The Labute approximate surface area is 342 Å². The zero-order valence-electron chi connectivity index (χ0n) is 29.9. The van der Waals surface area contributed by atoms with Gasteiger partial charge in [-0.3, -0.25) is 9.78 Å². The molecular weight excluding hydrogens is 927 g/mol. The third-order valence-electron chi connectivity index (χ3n) is 9.23. The molecule has 0 amide bonds. The highest BCUT2D eigenvalue weighted by atomic mass is 35.5. The standard InChI is InChI=1S/C24BF20.C14H12ClN2O/c26-5-1(6(27)14(35)21(42)13(5)34)25(2-7(28)15(36)22(43)16(37)8(2)29,3-9(30)17(38)23(44)18(39)10(3)31)4-11(32)19(40)24(45)20(41)12(4)33;1-11(15)13-9-16-7-8-17(13)10-14(18)12-5-3-2-4-6-12/h;2-9H,1,10H2/q-1;+1. The first kappa shape index (κ1) is 47.6. The van der Waals surface area contributed by atoms with Crippen LogP contribution in [0.3, 0.4) is 0 Å². The van der Waals surface area contributed by atoms with Gasteiger partial charge in [0.1, 0.15) is 63.9 Å². The minimum absolute atomic E-state index is 0.0194. The Morgan fingerprint density at radius 2 is 0.746 bits per heavy atom. The van der Waals surface area contributed by atoms with Crippen LogP contribution in [0.2, 0.25) is 0 Å². The molecule has 6 aromatic rings. The lowest BCUT2D eigenvalue weighted by Crippen LogP contribution is -2.81. The summed E-state index contributed by atoms with van der Waals surface area (Å²) in [4.78, 5) is 16.0. The minimum atomic E-state index is -7.22. The monoisotopic (exact) mass is 938 g/mol. The summed E-state index contributed by atoms with van der Waals surface area (Å²) in [7, 11) is 0. The van der Waals surface area contributed by atoms with Crippen LogP contribution in [0.25, 0.3) is 5.03 Å². The lowest BCUT2D eigenvalue weighted by atomic mass is 9.12. The molecule has 0 aliphatic rings. The summed E-state index contributed by atoms with van der Waals surface area (Å²) in [5.74, 6) is -71.4. The number of carbonyl (C=O) groups is 1. The van der Waals surface area contributed by atoms with Crippen molar-refractivity contribution in [2.75, 3.05) is 0 Å². The molecule has 63 heavy (non-hydrogen) atoms. The maximum atomic E-state index is 15.4. The van der Waals surface area contributed by atoms with E-state index in [0.29, 0.717) is 16.3 Å². The van der Waals surface area contributed by atoms with Crippen LogP contribution in [-0.2, 0) is 6.54 Å². The molecule has 6 rings (SSSR count). The molecule has 3 nitrogen and oxygen atoms in total. The molecule has 25 heteroatoms. The number of benzene rings is 5. The van der Waals surface area contributed by atoms with Gasteiger partial charge < -0.3 is 0 Å². The summed E-state index contributed by atoms with van der Waals surface area (Å²) in [6.07, 6.45) is -2.30. The molecule has 0 aliphatic heterocycles. The van der Waals surface area contributed by atoms with Gasteiger partial charge in [0.15, 0.2) is 76.0 Å². The maximum Gasteiger partial charge on any atom is 0.242 e. The average molecular weight is 939 g/mol. The van der Waals surface area contributed by atoms with Crippen molar-refractivity contribution in [1.82, 2.24) is 4.98 Å². The summed E-state index contributed by atoms with van der Waals surface area (Å²) in [6, 6.07) is 9.14. The fourth-order valence-corrected chi connectivity index (χ4v) is 6.65. The molecule has 0 atom stereocenters. The zero-order valence-corrected chi connectivity index (χ0v) is 30.6. The Balaban J connectivity index is 0.000000345. The molecule has 1 heterocycles. The van der Waals surface area contributed by atoms with Crippen molar-refractivity contribution < 1.29 is 97.2 Å². The van der Waals surface area contributed by atoms with Crippen molar-refractivity contribution in [2.45, 2.75) is 6.54 Å². The van der Waals surface area contributed by atoms with Crippen LogP contribution < -0.4 is 26.4 Å². The Hall–Kier alpha value is -6.46. The maximum absolute atomic E-state index is 15.4. The van der Waals surface area contributed by atoms with Crippen molar-refractivity contribution >= 4 is 50.4 Å². The zero-order chi connectivity index (χ0) is 47.3. The van der Waals surface area contributed by atoms with E-state index in [9.17, 15) is 57.5 Å². The van der Waals surface area contributed by atoms with Crippen molar-refractivity contribution in [3.8, 4) is 0 Å². The highest BCUT2D eigenvalue weighted by Crippen LogP contribution is 2.31. The SMILES string of the molecule is C=C(Cl)c1cncc[n+]1CC(=O)c1ccccc1.Fc1c(F)c(F)c([B-](c2c(F)c(F)c(F)c(F)c2F)(c2c(F)c(F)c(F)c(F)c2F)c2c(F)c(F)c(F)c(F)c2F)c(F)c1F. The van der Waals surface area contributed by atoms with Gasteiger partial charge in [-0.2, -0.15) is 4.57 Å². The molecule has 0 spiro atoms. The van der Waals surface area contributed by atoms with Crippen LogP contribution in [0, 0.1) is 116 Å². The molecule has 330 valence electrons. The lowest BCUT2D eigenvalue weighted by Gasteiger charge is -2.44. The van der Waals surface area contributed by atoms with Crippen LogP contribution in [0.5, 0.6) is 0 Å². The molecule has 0 radical (unpaired) electrons. The first-order valence-corrected chi connectivity index (χ1v) is 16.8. The smallest absolute Gasteiger partial charge is 0.242 e. The number of hydrogen-bond acceptors (Lipinski definition) is 2. The summed E-state index contributed by atoms with van der Waals surface area (Å²) in [6.45, 7) is 3.88. The number of ketones is 1.